The van der Waals surface area contributed by atoms with Gasteiger partial charge in [0.2, 0.25) is 6.20 Å². The lowest BCUT2D eigenvalue weighted by molar-refractivity contribution is -0.401. The predicted octanol–water partition coefficient (Wildman–Crippen LogP) is 1.64. The van der Waals surface area contributed by atoms with Crippen LogP contribution in [0.3, 0.4) is 0 Å². The molecule has 1 heterocycles. The zero-order valence-corrected chi connectivity index (χ0v) is 6.60. The first-order valence-corrected chi connectivity index (χ1v) is 3.44. The van der Waals surface area contributed by atoms with Crippen LogP contribution >= 0.6 is 0 Å². The molecule has 0 aliphatic carbocycles. The Labute approximate surface area is 69.7 Å². The van der Waals surface area contributed by atoms with Crippen LogP contribution in [0.4, 0.5) is 0 Å². The highest BCUT2D eigenvalue weighted by molar-refractivity contribution is 5.42. The second-order valence-electron chi connectivity index (χ2n) is 2.30. The number of pyridine rings is 1. The van der Waals surface area contributed by atoms with E-state index in [1.54, 1.807) is 6.07 Å². The lowest BCUT2D eigenvalue weighted by Gasteiger charge is -1.91. The van der Waals surface area contributed by atoms with Crippen molar-refractivity contribution in [3.63, 3.8) is 0 Å². The van der Waals surface area contributed by atoms with Gasteiger partial charge in [-0.3, -0.25) is 15.1 Å². The molecule has 0 saturated heterocycles. The molecule has 0 aliphatic rings. The maximum absolute atomic E-state index is 9.95. The molecule has 0 unspecified atom stereocenters. The smallest absolute Gasteiger partial charge is 0.236 e. The van der Waals surface area contributed by atoms with Crippen molar-refractivity contribution < 1.29 is 4.92 Å². The Morgan fingerprint density at radius 2 is 2.33 bits per heavy atom. The topological polar surface area (TPSA) is 56.0 Å². The molecule has 0 spiro atoms. The van der Waals surface area contributed by atoms with Gasteiger partial charge >= 0.3 is 0 Å². The quantitative estimate of drug-likeness (QED) is 0.493. The molecule has 4 heteroatoms. The van der Waals surface area contributed by atoms with Crippen LogP contribution in [0.1, 0.15) is 11.4 Å². The van der Waals surface area contributed by atoms with Crippen LogP contribution in [-0.2, 0) is 0 Å². The first-order chi connectivity index (χ1) is 5.68. The third kappa shape index (κ3) is 2.49. The highest BCUT2D eigenvalue weighted by Gasteiger charge is 1.91. The van der Waals surface area contributed by atoms with Gasteiger partial charge in [0.1, 0.15) is 0 Å². The number of aromatic nitrogens is 1. The molecule has 4 nitrogen and oxygen atoms in total. The monoisotopic (exact) mass is 164 g/mol. The first kappa shape index (κ1) is 8.39. The van der Waals surface area contributed by atoms with Gasteiger partial charge in [-0.1, -0.05) is 6.07 Å². The van der Waals surface area contributed by atoms with E-state index >= 15 is 0 Å². The molecule has 0 N–H and O–H groups in total. The second kappa shape index (κ2) is 3.61. The van der Waals surface area contributed by atoms with Crippen molar-refractivity contribution in [1.29, 1.82) is 0 Å². The van der Waals surface area contributed by atoms with Crippen molar-refractivity contribution in [2.45, 2.75) is 6.92 Å². The Kier molecular flexibility index (Phi) is 2.53. The van der Waals surface area contributed by atoms with Crippen molar-refractivity contribution >= 4 is 6.08 Å². The van der Waals surface area contributed by atoms with Gasteiger partial charge in [0, 0.05) is 11.8 Å². The molecule has 12 heavy (non-hydrogen) atoms. The summed E-state index contributed by atoms with van der Waals surface area (Å²) in [6, 6.07) is 5.36. The Morgan fingerprint density at radius 3 is 2.92 bits per heavy atom. The van der Waals surface area contributed by atoms with Gasteiger partial charge < -0.3 is 0 Å². The molecule has 1 rings (SSSR count). The van der Waals surface area contributed by atoms with Crippen LogP contribution in [0.2, 0.25) is 0 Å². The molecule has 0 aliphatic heterocycles. The summed E-state index contributed by atoms with van der Waals surface area (Å²) >= 11 is 0. The van der Waals surface area contributed by atoms with Gasteiger partial charge in [-0.2, -0.15) is 0 Å². The van der Waals surface area contributed by atoms with Crippen LogP contribution in [0, 0.1) is 17.0 Å². The molecule has 1 aromatic rings. The molecule has 1 aromatic heterocycles. The normalized spacial score (nSPS) is 10.4. The van der Waals surface area contributed by atoms with E-state index < -0.39 is 4.92 Å². The minimum atomic E-state index is -0.510. The van der Waals surface area contributed by atoms with Crippen LogP contribution in [0.5, 0.6) is 0 Å². The zero-order valence-electron chi connectivity index (χ0n) is 6.60. The molecular weight excluding hydrogens is 156 g/mol. The Bertz CT molecular complexity index is 321. The van der Waals surface area contributed by atoms with Gasteiger partial charge in [-0.05, 0) is 19.1 Å². The fraction of sp³-hybridized carbons (Fsp3) is 0.125. The Hall–Kier alpha value is -1.71. The van der Waals surface area contributed by atoms with Crippen LogP contribution < -0.4 is 0 Å². The van der Waals surface area contributed by atoms with E-state index in [-0.39, 0.29) is 0 Å². The standard InChI is InChI=1S/C8H8N2O2/c1-7-3-2-4-8(9-7)5-6-10(11)12/h2-6H,1H3/b6-5+. The summed E-state index contributed by atoms with van der Waals surface area (Å²) in [6.07, 6.45) is 2.24. The number of nitrogens with zero attached hydrogens (tertiary/aromatic N) is 2. The Morgan fingerprint density at radius 1 is 1.58 bits per heavy atom. The summed E-state index contributed by atoms with van der Waals surface area (Å²) in [4.78, 5) is 13.5. The Balaban J connectivity index is 2.83. The number of rotatable bonds is 2. The number of hydrogen-bond acceptors (Lipinski definition) is 3. The summed E-state index contributed by atoms with van der Waals surface area (Å²) in [5.74, 6) is 0. The first-order valence-electron chi connectivity index (χ1n) is 3.44. The molecule has 0 aromatic carbocycles. The van der Waals surface area contributed by atoms with Crippen LogP contribution in [-0.4, -0.2) is 9.91 Å². The molecule has 0 fully saturated rings. The van der Waals surface area contributed by atoms with E-state index in [0.717, 1.165) is 11.9 Å². The SMILES string of the molecule is Cc1cccc(/C=C/[N+](=O)[O-])n1. The fourth-order valence-electron chi connectivity index (χ4n) is 0.794. The third-order valence-corrected chi connectivity index (χ3v) is 1.28. The summed E-state index contributed by atoms with van der Waals surface area (Å²) in [7, 11) is 0. The molecule has 0 amide bonds. The zero-order chi connectivity index (χ0) is 8.97. The summed E-state index contributed by atoms with van der Waals surface area (Å²) in [5, 5.41) is 9.95. The fourth-order valence-corrected chi connectivity index (χ4v) is 0.794. The average molecular weight is 164 g/mol. The van der Waals surface area contributed by atoms with Crippen molar-refractivity contribution in [2.24, 2.45) is 0 Å². The summed E-state index contributed by atoms with van der Waals surface area (Å²) in [6.45, 7) is 1.84. The van der Waals surface area contributed by atoms with E-state index in [0.29, 0.717) is 5.69 Å². The lowest BCUT2D eigenvalue weighted by Crippen LogP contribution is -1.86. The van der Waals surface area contributed by atoms with Gasteiger partial charge in [-0.15, -0.1) is 0 Å². The number of hydrogen-bond donors (Lipinski definition) is 0. The average Bonchev–Trinajstić information content (AvgIpc) is 2.01. The minimum Gasteiger partial charge on any atom is -0.259 e. The van der Waals surface area contributed by atoms with Crippen molar-refractivity contribution in [1.82, 2.24) is 4.98 Å². The predicted molar refractivity (Wildman–Crippen MR) is 45.0 cm³/mol. The molecule has 0 atom stereocenters. The molecular formula is C8H8N2O2. The van der Waals surface area contributed by atoms with Gasteiger partial charge in [0.15, 0.2) is 0 Å². The van der Waals surface area contributed by atoms with Gasteiger partial charge in [-0.25, -0.2) is 0 Å². The summed E-state index contributed by atoms with van der Waals surface area (Å²) in [5.41, 5.74) is 1.45. The van der Waals surface area contributed by atoms with E-state index in [4.69, 9.17) is 0 Å². The largest absolute Gasteiger partial charge is 0.259 e. The van der Waals surface area contributed by atoms with Gasteiger partial charge in [0.05, 0.1) is 10.6 Å². The van der Waals surface area contributed by atoms with Crippen molar-refractivity contribution in [3.05, 3.63) is 45.9 Å². The second-order valence-corrected chi connectivity index (χ2v) is 2.30. The van der Waals surface area contributed by atoms with E-state index in [9.17, 15) is 10.1 Å². The van der Waals surface area contributed by atoms with Crippen molar-refractivity contribution in [2.75, 3.05) is 0 Å². The maximum Gasteiger partial charge on any atom is 0.236 e. The highest BCUT2D eigenvalue weighted by atomic mass is 16.6. The van der Waals surface area contributed by atoms with Crippen molar-refractivity contribution in [3.8, 4) is 0 Å². The minimum absolute atomic E-state index is 0.510. The molecule has 0 radical (unpaired) electrons. The number of nitro groups is 1. The molecule has 62 valence electrons. The van der Waals surface area contributed by atoms with Crippen LogP contribution in [0.25, 0.3) is 6.08 Å². The number of aryl methyl sites for hydroxylation is 1. The third-order valence-electron chi connectivity index (χ3n) is 1.28. The maximum atomic E-state index is 9.95. The highest BCUT2D eigenvalue weighted by Crippen LogP contribution is 1.99. The molecule has 0 saturated carbocycles. The van der Waals surface area contributed by atoms with E-state index in [1.165, 1.54) is 6.08 Å². The van der Waals surface area contributed by atoms with E-state index in [1.807, 2.05) is 19.1 Å². The van der Waals surface area contributed by atoms with E-state index in [2.05, 4.69) is 4.98 Å². The van der Waals surface area contributed by atoms with Gasteiger partial charge in [0.25, 0.3) is 0 Å². The summed E-state index contributed by atoms with van der Waals surface area (Å²) < 4.78 is 0. The molecule has 0 bridgehead atoms. The lowest BCUT2D eigenvalue weighted by atomic mass is 10.3. The van der Waals surface area contributed by atoms with Crippen LogP contribution in [0.15, 0.2) is 24.4 Å².